The van der Waals surface area contributed by atoms with Crippen molar-refractivity contribution in [3.63, 3.8) is 0 Å². The van der Waals surface area contributed by atoms with Gasteiger partial charge in [0.15, 0.2) is 0 Å². The Morgan fingerprint density at radius 2 is 1.22 bits per heavy atom. The van der Waals surface area contributed by atoms with Crippen LogP contribution in [0.4, 0.5) is 22.7 Å². The molecule has 0 saturated carbocycles. The van der Waals surface area contributed by atoms with Crippen LogP contribution in [0.1, 0.15) is 45.7 Å². The second-order valence-electron chi connectivity index (χ2n) is 19.9. The first-order valence-electron chi connectivity index (χ1n) is 26.3. The van der Waals surface area contributed by atoms with Gasteiger partial charge in [0.2, 0.25) is 11.8 Å². The first kappa shape index (κ1) is 57.5. The Bertz CT molecular complexity index is 3750. The normalized spacial score (nSPS) is 14.4. The van der Waals surface area contributed by atoms with Gasteiger partial charge >= 0.3 is 0 Å². The number of methoxy groups -OCH3 is 2. The predicted octanol–water partition coefficient (Wildman–Crippen LogP) is 9.55. The minimum atomic E-state index is -1.18. The molecule has 81 heavy (non-hydrogen) atoms. The van der Waals surface area contributed by atoms with Gasteiger partial charge in [0.1, 0.15) is 29.9 Å². The molecule has 5 amide bonds. The average molecular weight is 1220 g/mol. The van der Waals surface area contributed by atoms with Crippen molar-refractivity contribution >= 4 is 123 Å². The van der Waals surface area contributed by atoms with Gasteiger partial charge in [0, 0.05) is 44.8 Å². The summed E-state index contributed by atoms with van der Waals surface area (Å²) in [5, 5.41) is 16.6. The van der Waals surface area contributed by atoms with Gasteiger partial charge < -0.3 is 55.1 Å². The van der Waals surface area contributed by atoms with E-state index in [9.17, 15) is 14.4 Å². The molecule has 416 valence electrons. The van der Waals surface area contributed by atoms with Crippen molar-refractivity contribution < 1.29 is 38.2 Å². The van der Waals surface area contributed by atoms with Crippen LogP contribution < -0.4 is 50.3 Å². The highest BCUT2D eigenvalue weighted by molar-refractivity contribution is 9.10. The van der Waals surface area contributed by atoms with Crippen molar-refractivity contribution in [2.45, 2.75) is 51.1 Å². The summed E-state index contributed by atoms with van der Waals surface area (Å²) in [6.07, 6.45) is 0.620. The zero-order valence-corrected chi connectivity index (χ0v) is 49.1. The minimum Gasteiger partial charge on any atom is -0.496 e. The molecule has 18 heteroatoms. The molecular weight excluding hydrogens is 1160 g/mol. The second kappa shape index (κ2) is 25.1. The molecule has 0 radical (unpaired) electrons. The van der Waals surface area contributed by atoms with Crippen LogP contribution >= 0.6 is 31.9 Å². The van der Waals surface area contributed by atoms with Gasteiger partial charge in [0.05, 0.1) is 68.7 Å². The van der Waals surface area contributed by atoms with E-state index >= 15 is 14.4 Å². The van der Waals surface area contributed by atoms with E-state index in [2.05, 4.69) is 53.1 Å². The van der Waals surface area contributed by atoms with E-state index in [0.29, 0.717) is 52.5 Å². The molecule has 4 N–H and O–H groups in total. The number of ether oxygens (including phenoxy) is 2. The van der Waals surface area contributed by atoms with Crippen LogP contribution in [-0.2, 0) is 32.3 Å². The van der Waals surface area contributed by atoms with Crippen LogP contribution in [0.5, 0.6) is 11.5 Å². The Morgan fingerprint density at radius 3 is 1.85 bits per heavy atom. The molecule has 2 unspecified atom stereocenters. The molecule has 0 saturated heterocycles. The second-order valence-corrected chi connectivity index (χ2v) is 21.8. The summed E-state index contributed by atoms with van der Waals surface area (Å²) in [4.78, 5) is 92.3. The lowest BCUT2D eigenvalue weighted by Crippen LogP contribution is -2.55. The quantitative estimate of drug-likeness (QED) is 0.0566. The van der Waals surface area contributed by atoms with Gasteiger partial charge in [-0.3, -0.25) is 24.0 Å². The molecule has 0 bridgehead atoms. The summed E-state index contributed by atoms with van der Waals surface area (Å²) in [5.74, 6) is -0.972. The number of hydrogen-bond acceptors (Lipinski definition) is 11. The molecule has 1 aliphatic rings. The van der Waals surface area contributed by atoms with E-state index in [1.54, 1.807) is 114 Å². The van der Waals surface area contributed by atoms with Crippen molar-refractivity contribution in [3.05, 3.63) is 177 Å². The Balaban J connectivity index is 1.10. The standard InChI is InChI=1S/C63H62Br2N8O8/c1-37(66-3)59(75)68-47(36-74)32-71(54-13-9-8-12-53(54)70(5)33-50-48-24-22-45(64)30-40(48)20-26-57(50)80-6)61(77)42-18-16-39-17-19-43(29-44(39)28-42)62(78)73-35-52(69-60(76)38(2)67-4)63(79)72(55-14-10-11-15-56(55)73)34-51-49-25-23-46(65)31-41(49)21-27-58(51)81-7/h8-31,36-38,47,52,66-67H,32-35H2,1-7H3,(H,68,75)(H,69,76)/t37-,38-,47?,52?/m0/s1. The third-order valence-corrected chi connectivity index (χ3v) is 15.9. The fraction of sp³-hybridized carbons (Fsp3) is 0.238. The number of likely N-dealkylation sites (N-methyl/N-ethyl adjacent to an activating group) is 2. The molecular formula is C63H62Br2N8O8. The zero-order chi connectivity index (χ0) is 57.6. The zero-order valence-electron chi connectivity index (χ0n) is 45.9. The van der Waals surface area contributed by atoms with E-state index in [4.69, 9.17) is 9.47 Å². The summed E-state index contributed by atoms with van der Waals surface area (Å²) >= 11 is 7.17. The number of carbonyl (C=O) groups is 6. The Hall–Kier alpha value is -8.16. The lowest BCUT2D eigenvalue weighted by Gasteiger charge is -2.32. The third kappa shape index (κ3) is 12.1. The number of nitrogens with zero attached hydrogens (tertiary/aromatic N) is 4. The number of rotatable bonds is 19. The number of anilines is 4. The topological polar surface area (TPSA) is 182 Å². The fourth-order valence-corrected chi connectivity index (χ4v) is 11.0. The van der Waals surface area contributed by atoms with Gasteiger partial charge in [-0.15, -0.1) is 0 Å². The highest BCUT2D eigenvalue weighted by atomic mass is 79.9. The third-order valence-electron chi connectivity index (χ3n) is 14.9. The largest absolute Gasteiger partial charge is 0.496 e. The lowest BCUT2D eigenvalue weighted by molar-refractivity contribution is -0.128. The number of hydrogen-bond donors (Lipinski definition) is 4. The predicted molar refractivity (Wildman–Crippen MR) is 327 cm³/mol. The van der Waals surface area contributed by atoms with Crippen molar-refractivity contribution in [2.75, 3.05) is 68.1 Å². The van der Waals surface area contributed by atoms with Crippen LogP contribution in [0.3, 0.4) is 0 Å². The van der Waals surface area contributed by atoms with E-state index in [1.807, 2.05) is 90.8 Å². The fourth-order valence-electron chi connectivity index (χ4n) is 10.2. The van der Waals surface area contributed by atoms with E-state index in [1.165, 1.54) is 9.80 Å². The maximum atomic E-state index is 15.4. The molecule has 1 aliphatic heterocycles. The van der Waals surface area contributed by atoms with Gasteiger partial charge in [-0.25, -0.2) is 0 Å². The summed E-state index contributed by atoms with van der Waals surface area (Å²) < 4.78 is 13.6. The Labute approximate surface area is 487 Å². The molecule has 16 nitrogen and oxygen atoms in total. The summed E-state index contributed by atoms with van der Waals surface area (Å²) in [7, 11) is 8.40. The number of benzene rings is 8. The van der Waals surface area contributed by atoms with E-state index in [0.717, 1.165) is 47.0 Å². The van der Waals surface area contributed by atoms with Gasteiger partial charge in [-0.2, -0.15) is 0 Å². The van der Waals surface area contributed by atoms with Crippen LogP contribution in [0, 0.1) is 0 Å². The van der Waals surface area contributed by atoms with Crippen molar-refractivity contribution in [1.82, 2.24) is 21.3 Å². The molecule has 1 heterocycles. The van der Waals surface area contributed by atoms with E-state index in [-0.39, 0.29) is 30.8 Å². The number of aldehydes is 1. The summed E-state index contributed by atoms with van der Waals surface area (Å²) in [6, 6.07) is 41.0. The van der Waals surface area contributed by atoms with Crippen molar-refractivity contribution in [3.8, 4) is 11.5 Å². The van der Waals surface area contributed by atoms with Crippen molar-refractivity contribution in [2.24, 2.45) is 0 Å². The van der Waals surface area contributed by atoms with Crippen LogP contribution in [0.2, 0.25) is 0 Å². The summed E-state index contributed by atoms with van der Waals surface area (Å²) in [6.45, 7) is 3.34. The maximum absolute atomic E-state index is 15.4. The van der Waals surface area contributed by atoms with Crippen LogP contribution in [0.15, 0.2) is 155 Å². The molecule has 0 fully saturated rings. The van der Waals surface area contributed by atoms with Crippen molar-refractivity contribution in [1.29, 1.82) is 0 Å². The molecule has 0 spiro atoms. The SMILES string of the molecule is CN[C@@H](C)C(=O)NC(C=O)CN(C(=O)c1ccc2ccc(C(=O)N3CC(NC(=O)[C@H](C)NC)C(=O)N(Cc4c(OC)ccc5cc(Br)ccc45)c4ccccc43)cc2c1)c1ccccc1N(C)Cc1c(OC)ccc2cc(Br)ccc12. The first-order valence-corrected chi connectivity index (χ1v) is 27.9. The molecule has 4 atom stereocenters. The first-order chi connectivity index (χ1) is 39.0. The highest BCUT2D eigenvalue weighted by Gasteiger charge is 2.38. The maximum Gasteiger partial charge on any atom is 0.258 e. The van der Waals surface area contributed by atoms with Crippen LogP contribution in [-0.4, -0.2) is 108 Å². The molecule has 0 aliphatic carbocycles. The van der Waals surface area contributed by atoms with Crippen LogP contribution in [0.25, 0.3) is 32.3 Å². The van der Waals surface area contributed by atoms with Gasteiger partial charge in [-0.05, 0) is 145 Å². The summed E-state index contributed by atoms with van der Waals surface area (Å²) in [5.41, 5.74) is 4.16. The Kier molecular flexibility index (Phi) is 17.8. The number of para-hydroxylation sites is 4. The molecule has 8 aromatic carbocycles. The number of halogens is 2. The minimum absolute atomic E-state index is 0.0465. The number of carbonyl (C=O) groups excluding carboxylic acids is 6. The molecule has 9 rings (SSSR count). The monoisotopic (exact) mass is 1220 g/mol. The highest BCUT2D eigenvalue weighted by Crippen LogP contribution is 2.40. The molecule has 8 aromatic rings. The smallest absolute Gasteiger partial charge is 0.258 e. The van der Waals surface area contributed by atoms with Gasteiger partial charge in [0.25, 0.3) is 17.7 Å². The average Bonchev–Trinajstić information content (AvgIpc) is 3.72. The number of fused-ring (bicyclic) bond motifs is 4. The number of amides is 5. The number of nitrogens with one attached hydrogen (secondary N) is 4. The van der Waals surface area contributed by atoms with Gasteiger partial charge in [-0.1, -0.05) is 92.5 Å². The lowest BCUT2D eigenvalue weighted by atomic mass is 10.0. The molecule has 0 aromatic heterocycles. The Morgan fingerprint density at radius 1 is 0.667 bits per heavy atom. The van der Waals surface area contributed by atoms with E-state index < -0.39 is 53.7 Å².